The predicted octanol–water partition coefficient (Wildman–Crippen LogP) is 3.06. The minimum Gasteiger partial charge on any atom is -0.383 e. The van der Waals surface area contributed by atoms with Gasteiger partial charge in [-0.15, -0.1) is 11.3 Å². The molecular formula is C23H40N4O2S. The Hall–Kier alpha value is -1.02. The fourth-order valence-electron chi connectivity index (χ4n) is 4.92. The van der Waals surface area contributed by atoms with E-state index in [1.54, 1.807) is 18.4 Å². The van der Waals surface area contributed by atoms with Gasteiger partial charge >= 0.3 is 0 Å². The van der Waals surface area contributed by atoms with Gasteiger partial charge in [-0.05, 0) is 71.1 Å². The molecule has 3 heterocycles. The molecule has 0 N–H and O–H groups in total. The summed E-state index contributed by atoms with van der Waals surface area (Å²) in [4.78, 5) is 26.1. The number of likely N-dealkylation sites (tertiary alicyclic amines) is 2. The molecule has 170 valence electrons. The lowest BCUT2D eigenvalue weighted by atomic mass is 9.95. The van der Waals surface area contributed by atoms with Crippen LogP contribution in [-0.2, 0) is 16.0 Å². The molecule has 6 nitrogen and oxygen atoms in total. The second kappa shape index (κ2) is 12.1. The van der Waals surface area contributed by atoms with Gasteiger partial charge in [-0.3, -0.25) is 9.69 Å². The van der Waals surface area contributed by atoms with Gasteiger partial charge in [0.25, 0.3) is 0 Å². The first kappa shape index (κ1) is 23.6. The molecule has 2 fully saturated rings. The van der Waals surface area contributed by atoms with Crippen LogP contribution in [0.5, 0.6) is 0 Å². The van der Waals surface area contributed by atoms with Crippen LogP contribution in [0.2, 0.25) is 0 Å². The van der Waals surface area contributed by atoms with Crippen molar-refractivity contribution in [3.63, 3.8) is 0 Å². The van der Waals surface area contributed by atoms with Gasteiger partial charge in [-0.1, -0.05) is 6.92 Å². The predicted molar refractivity (Wildman–Crippen MR) is 123 cm³/mol. The van der Waals surface area contributed by atoms with Gasteiger partial charge in [-0.25, -0.2) is 4.98 Å². The number of hydrogen-bond donors (Lipinski definition) is 0. The molecule has 0 radical (unpaired) electrons. The van der Waals surface area contributed by atoms with Crippen LogP contribution in [0.25, 0.3) is 0 Å². The first-order valence-corrected chi connectivity index (χ1v) is 12.6. The highest BCUT2D eigenvalue weighted by Gasteiger charge is 2.29. The van der Waals surface area contributed by atoms with E-state index in [9.17, 15) is 4.79 Å². The largest absolute Gasteiger partial charge is 0.383 e. The molecule has 0 spiro atoms. The molecule has 0 aliphatic carbocycles. The third-order valence-electron chi connectivity index (χ3n) is 6.90. The Morgan fingerprint density at radius 2 is 2.07 bits per heavy atom. The lowest BCUT2D eigenvalue weighted by Crippen LogP contribution is -2.46. The fraction of sp³-hybridized carbons (Fsp3) is 0.826. The number of ether oxygens (including phenoxy) is 1. The molecule has 1 atom stereocenters. The molecule has 7 heteroatoms. The smallest absolute Gasteiger partial charge is 0.222 e. The SMILES string of the molecule is CCN1CCCC1CN(CC1CCN(CCOC)CC1)C(=O)CCc1scnc1C. The second-order valence-corrected chi connectivity index (χ2v) is 9.80. The van der Waals surface area contributed by atoms with Crippen molar-refractivity contribution < 1.29 is 9.53 Å². The van der Waals surface area contributed by atoms with Gasteiger partial charge in [0, 0.05) is 44.1 Å². The number of carbonyl (C=O) groups excluding carboxylic acids is 1. The topological polar surface area (TPSA) is 48.9 Å². The van der Waals surface area contributed by atoms with Crippen LogP contribution < -0.4 is 0 Å². The Balaban J connectivity index is 1.56. The minimum atomic E-state index is 0.326. The first-order valence-electron chi connectivity index (χ1n) is 11.7. The van der Waals surface area contributed by atoms with Gasteiger partial charge in [0.15, 0.2) is 0 Å². The van der Waals surface area contributed by atoms with E-state index in [0.717, 1.165) is 58.0 Å². The van der Waals surface area contributed by atoms with Gasteiger partial charge in [0.2, 0.25) is 5.91 Å². The van der Waals surface area contributed by atoms with E-state index < -0.39 is 0 Å². The molecule has 30 heavy (non-hydrogen) atoms. The fourth-order valence-corrected chi connectivity index (χ4v) is 5.70. The maximum Gasteiger partial charge on any atom is 0.222 e. The second-order valence-electron chi connectivity index (χ2n) is 8.86. The van der Waals surface area contributed by atoms with Crippen molar-refractivity contribution in [2.24, 2.45) is 5.92 Å². The van der Waals surface area contributed by atoms with Gasteiger partial charge in [-0.2, -0.15) is 0 Å². The quantitative estimate of drug-likeness (QED) is 0.534. The molecule has 0 bridgehead atoms. The van der Waals surface area contributed by atoms with Crippen LogP contribution in [-0.4, -0.2) is 91.2 Å². The Bertz CT molecular complexity index is 645. The third kappa shape index (κ3) is 6.74. The molecule has 0 aromatic carbocycles. The van der Waals surface area contributed by atoms with Gasteiger partial charge < -0.3 is 14.5 Å². The highest BCUT2D eigenvalue weighted by atomic mass is 32.1. The van der Waals surface area contributed by atoms with E-state index in [4.69, 9.17) is 4.74 Å². The molecule has 2 aliphatic rings. The van der Waals surface area contributed by atoms with E-state index in [2.05, 4.69) is 26.6 Å². The van der Waals surface area contributed by atoms with E-state index >= 15 is 0 Å². The van der Waals surface area contributed by atoms with Crippen molar-refractivity contribution in [2.45, 2.75) is 58.4 Å². The van der Waals surface area contributed by atoms with Crippen LogP contribution in [0.15, 0.2) is 5.51 Å². The van der Waals surface area contributed by atoms with Crippen molar-refractivity contribution in [3.8, 4) is 0 Å². The number of likely N-dealkylation sites (N-methyl/N-ethyl adjacent to an activating group) is 1. The Morgan fingerprint density at radius 1 is 1.27 bits per heavy atom. The third-order valence-corrected chi connectivity index (χ3v) is 7.89. The summed E-state index contributed by atoms with van der Waals surface area (Å²) in [6, 6.07) is 0.533. The first-order chi connectivity index (χ1) is 14.6. The van der Waals surface area contributed by atoms with Crippen molar-refractivity contribution in [1.82, 2.24) is 19.7 Å². The monoisotopic (exact) mass is 436 g/mol. The number of nitrogens with zero attached hydrogens (tertiary/aromatic N) is 4. The summed E-state index contributed by atoms with van der Waals surface area (Å²) in [7, 11) is 1.77. The van der Waals surface area contributed by atoms with Crippen molar-refractivity contribution >= 4 is 17.2 Å². The summed E-state index contributed by atoms with van der Waals surface area (Å²) in [5, 5.41) is 0. The number of aromatic nitrogens is 1. The van der Waals surface area contributed by atoms with Crippen molar-refractivity contribution in [2.75, 3.05) is 59.5 Å². The normalized spacial score (nSPS) is 21.4. The maximum absolute atomic E-state index is 13.3. The Labute approximate surface area is 186 Å². The van der Waals surface area contributed by atoms with E-state index in [1.165, 1.54) is 37.1 Å². The van der Waals surface area contributed by atoms with E-state index in [-0.39, 0.29) is 0 Å². The number of piperidine rings is 1. The molecule has 0 saturated carbocycles. The number of aryl methyl sites for hydroxylation is 2. The van der Waals surface area contributed by atoms with Crippen LogP contribution in [0.3, 0.4) is 0 Å². The number of hydrogen-bond acceptors (Lipinski definition) is 6. The lowest BCUT2D eigenvalue weighted by Gasteiger charge is -2.36. The summed E-state index contributed by atoms with van der Waals surface area (Å²) < 4.78 is 5.23. The minimum absolute atomic E-state index is 0.326. The zero-order valence-corrected chi connectivity index (χ0v) is 20.0. The highest BCUT2D eigenvalue weighted by Crippen LogP contribution is 2.23. The molecule has 2 aliphatic heterocycles. The van der Waals surface area contributed by atoms with Crippen LogP contribution >= 0.6 is 11.3 Å². The lowest BCUT2D eigenvalue weighted by molar-refractivity contribution is -0.132. The Morgan fingerprint density at radius 3 is 2.73 bits per heavy atom. The van der Waals surface area contributed by atoms with Crippen molar-refractivity contribution in [1.29, 1.82) is 0 Å². The molecule has 1 aromatic heterocycles. The maximum atomic E-state index is 13.3. The van der Waals surface area contributed by atoms with E-state index in [1.807, 2.05) is 12.4 Å². The summed E-state index contributed by atoms with van der Waals surface area (Å²) in [5.41, 5.74) is 2.97. The van der Waals surface area contributed by atoms with Gasteiger partial charge in [0.05, 0.1) is 17.8 Å². The Kier molecular flexibility index (Phi) is 9.56. The molecule has 2 saturated heterocycles. The van der Waals surface area contributed by atoms with E-state index in [0.29, 0.717) is 24.3 Å². The van der Waals surface area contributed by atoms with Crippen LogP contribution in [0.4, 0.5) is 0 Å². The molecule has 3 rings (SSSR count). The van der Waals surface area contributed by atoms with Crippen LogP contribution in [0.1, 0.15) is 49.6 Å². The highest BCUT2D eigenvalue weighted by molar-refractivity contribution is 7.09. The average Bonchev–Trinajstić information content (AvgIpc) is 3.39. The number of carbonyl (C=O) groups is 1. The zero-order valence-electron chi connectivity index (χ0n) is 19.1. The summed E-state index contributed by atoms with van der Waals surface area (Å²) in [6.45, 7) is 12.5. The standard InChI is InChI=1S/C23H40N4O2S/c1-4-26-11-5-6-21(26)17-27(23(28)8-7-22-19(2)24-18-30-22)16-20-9-12-25(13-10-20)14-15-29-3/h18,20-21H,4-17H2,1-3H3. The summed E-state index contributed by atoms with van der Waals surface area (Å²) in [6.07, 6.45) is 6.28. The molecule has 1 aromatic rings. The summed E-state index contributed by atoms with van der Waals surface area (Å²) >= 11 is 1.68. The molecular weight excluding hydrogens is 396 g/mol. The zero-order chi connectivity index (χ0) is 21.3. The number of thiazole rings is 1. The molecule has 1 unspecified atom stereocenters. The van der Waals surface area contributed by atoms with Crippen molar-refractivity contribution in [3.05, 3.63) is 16.1 Å². The number of amides is 1. The molecule has 1 amide bonds. The van der Waals surface area contributed by atoms with Crippen LogP contribution in [0, 0.1) is 12.8 Å². The number of methoxy groups -OCH3 is 1. The number of rotatable bonds is 11. The average molecular weight is 437 g/mol. The van der Waals surface area contributed by atoms with Gasteiger partial charge in [0.1, 0.15) is 0 Å². The summed E-state index contributed by atoms with van der Waals surface area (Å²) in [5.74, 6) is 0.946.